The maximum absolute atomic E-state index is 5.92. The van der Waals surface area contributed by atoms with Crippen molar-refractivity contribution in [1.82, 2.24) is 14.5 Å². The average Bonchev–Trinajstić information content (AvgIpc) is 3.05. The lowest BCUT2D eigenvalue weighted by Crippen LogP contribution is -2.30. The van der Waals surface area contributed by atoms with Crippen molar-refractivity contribution in [3.63, 3.8) is 0 Å². The van der Waals surface area contributed by atoms with Crippen molar-refractivity contribution in [2.45, 2.75) is 38.3 Å². The number of hydrogen-bond acceptors (Lipinski definition) is 4. The van der Waals surface area contributed by atoms with Crippen LogP contribution in [0.4, 0.5) is 0 Å². The first kappa shape index (κ1) is 14.6. The van der Waals surface area contributed by atoms with Crippen LogP contribution in [0.15, 0.2) is 12.1 Å². The van der Waals surface area contributed by atoms with E-state index < -0.39 is 0 Å². The summed E-state index contributed by atoms with van der Waals surface area (Å²) in [5.41, 5.74) is 1.56. The summed E-state index contributed by atoms with van der Waals surface area (Å²) < 4.78 is 13.3. The number of fused-ring (bicyclic) bond motifs is 1. The molecular weight excluding hydrogens is 290 g/mol. The normalized spacial score (nSPS) is 22.0. The van der Waals surface area contributed by atoms with E-state index in [4.69, 9.17) is 21.1 Å². The molecule has 1 atom stereocenters. The van der Waals surface area contributed by atoms with Gasteiger partial charge in [-0.25, -0.2) is 4.98 Å². The SMILES string of the molecule is COc1ccc2nc(CCCl)n(CC3(C)CCCO3)c2n1. The van der Waals surface area contributed by atoms with Gasteiger partial charge in [-0.1, -0.05) is 0 Å². The molecule has 114 valence electrons. The fraction of sp³-hybridized carbons (Fsp3) is 0.600. The Morgan fingerprint density at radius 3 is 2.95 bits per heavy atom. The summed E-state index contributed by atoms with van der Waals surface area (Å²) in [6.07, 6.45) is 2.87. The second kappa shape index (κ2) is 5.81. The van der Waals surface area contributed by atoms with Gasteiger partial charge in [-0.05, 0) is 25.8 Å². The fourth-order valence-electron chi connectivity index (χ4n) is 2.88. The minimum absolute atomic E-state index is 0.153. The van der Waals surface area contributed by atoms with Crippen LogP contribution in [0.1, 0.15) is 25.6 Å². The second-order valence-electron chi connectivity index (χ2n) is 5.65. The van der Waals surface area contributed by atoms with E-state index in [1.54, 1.807) is 7.11 Å². The smallest absolute Gasteiger partial charge is 0.215 e. The number of aromatic nitrogens is 3. The van der Waals surface area contributed by atoms with Gasteiger partial charge in [0.15, 0.2) is 5.65 Å². The molecule has 0 saturated carbocycles. The Morgan fingerprint density at radius 1 is 1.43 bits per heavy atom. The number of hydrogen-bond donors (Lipinski definition) is 0. The fourth-order valence-corrected chi connectivity index (χ4v) is 3.05. The van der Waals surface area contributed by atoms with Crippen molar-refractivity contribution in [3.05, 3.63) is 18.0 Å². The Bertz CT molecular complexity index is 635. The molecule has 0 radical (unpaired) electrons. The van der Waals surface area contributed by atoms with Crippen molar-refractivity contribution in [1.29, 1.82) is 0 Å². The summed E-state index contributed by atoms with van der Waals surface area (Å²) in [5.74, 6) is 2.09. The number of pyridine rings is 1. The molecule has 3 heterocycles. The quantitative estimate of drug-likeness (QED) is 0.797. The molecule has 0 bridgehead atoms. The van der Waals surface area contributed by atoms with Gasteiger partial charge in [0.05, 0.1) is 19.3 Å². The molecule has 0 aliphatic carbocycles. The lowest BCUT2D eigenvalue weighted by molar-refractivity contribution is 0.00640. The van der Waals surface area contributed by atoms with Gasteiger partial charge in [-0.15, -0.1) is 11.6 Å². The first-order chi connectivity index (χ1) is 10.1. The van der Waals surface area contributed by atoms with Crippen LogP contribution >= 0.6 is 11.6 Å². The minimum atomic E-state index is -0.153. The molecule has 1 aliphatic heterocycles. The lowest BCUT2D eigenvalue weighted by atomic mass is 10.0. The number of ether oxygens (including phenoxy) is 2. The van der Waals surface area contributed by atoms with Crippen LogP contribution in [0.2, 0.25) is 0 Å². The van der Waals surface area contributed by atoms with Gasteiger partial charge < -0.3 is 14.0 Å². The Labute approximate surface area is 129 Å². The Morgan fingerprint density at radius 2 is 2.29 bits per heavy atom. The third kappa shape index (κ3) is 2.85. The van der Waals surface area contributed by atoms with Crippen LogP contribution in [-0.2, 0) is 17.7 Å². The number of alkyl halides is 1. The Hall–Kier alpha value is -1.33. The molecule has 1 saturated heterocycles. The van der Waals surface area contributed by atoms with E-state index in [2.05, 4.69) is 21.5 Å². The number of methoxy groups -OCH3 is 1. The molecule has 6 heteroatoms. The molecule has 1 aliphatic rings. The van der Waals surface area contributed by atoms with E-state index in [9.17, 15) is 0 Å². The van der Waals surface area contributed by atoms with Crippen LogP contribution in [0.25, 0.3) is 11.2 Å². The average molecular weight is 310 g/mol. The second-order valence-corrected chi connectivity index (χ2v) is 6.03. The topological polar surface area (TPSA) is 49.2 Å². The molecule has 0 amide bonds. The molecule has 0 aromatic carbocycles. The first-order valence-electron chi connectivity index (χ1n) is 7.25. The highest BCUT2D eigenvalue weighted by Crippen LogP contribution is 2.29. The highest BCUT2D eigenvalue weighted by Gasteiger charge is 2.31. The number of rotatable bonds is 5. The summed E-state index contributed by atoms with van der Waals surface area (Å²) in [4.78, 5) is 9.21. The van der Waals surface area contributed by atoms with Crippen LogP contribution in [0.5, 0.6) is 5.88 Å². The van der Waals surface area contributed by atoms with E-state index in [0.717, 1.165) is 49.4 Å². The van der Waals surface area contributed by atoms with Crippen molar-refractivity contribution in [2.24, 2.45) is 0 Å². The molecule has 3 rings (SSSR count). The predicted octanol–water partition coefficient (Wildman–Crippen LogP) is 2.79. The van der Waals surface area contributed by atoms with E-state index in [1.165, 1.54) is 0 Å². The Balaban J connectivity index is 2.05. The largest absolute Gasteiger partial charge is 0.481 e. The van der Waals surface area contributed by atoms with Crippen molar-refractivity contribution < 1.29 is 9.47 Å². The molecular formula is C15H20ClN3O2. The highest BCUT2D eigenvalue weighted by atomic mass is 35.5. The zero-order chi connectivity index (χ0) is 14.9. The summed E-state index contributed by atoms with van der Waals surface area (Å²) in [6, 6.07) is 3.77. The molecule has 2 aromatic rings. The van der Waals surface area contributed by atoms with Crippen molar-refractivity contribution in [3.8, 4) is 5.88 Å². The molecule has 0 N–H and O–H groups in total. The molecule has 2 aromatic heterocycles. The third-order valence-electron chi connectivity index (χ3n) is 3.97. The highest BCUT2D eigenvalue weighted by molar-refractivity contribution is 6.17. The minimum Gasteiger partial charge on any atom is -0.481 e. The standard InChI is InChI=1S/C15H20ClN3O2/c1-15(7-3-9-21-15)10-19-12(6-8-16)17-11-4-5-13(20-2)18-14(11)19/h4-5H,3,6-10H2,1-2H3. The summed E-state index contributed by atoms with van der Waals surface area (Å²) in [7, 11) is 1.62. The number of nitrogens with zero attached hydrogens (tertiary/aromatic N) is 3. The van der Waals surface area contributed by atoms with Crippen molar-refractivity contribution >= 4 is 22.8 Å². The van der Waals surface area contributed by atoms with Crippen LogP contribution < -0.4 is 4.74 Å². The number of aryl methyl sites for hydroxylation is 1. The molecule has 1 fully saturated rings. The van der Waals surface area contributed by atoms with Gasteiger partial charge in [0.25, 0.3) is 0 Å². The third-order valence-corrected chi connectivity index (χ3v) is 4.15. The predicted molar refractivity (Wildman–Crippen MR) is 82.1 cm³/mol. The lowest BCUT2D eigenvalue weighted by Gasteiger charge is -2.24. The Kier molecular flexibility index (Phi) is 4.04. The zero-order valence-electron chi connectivity index (χ0n) is 12.4. The monoisotopic (exact) mass is 309 g/mol. The van der Waals surface area contributed by atoms with Gasteiger partial charge in [-0.2, -0.15) is 4.98 Å². The summed E-state index contributed by atoms with van der Waals surface area (Å²) in [5, 5.41) is 0. The molecule has 5 nitrogen and oxygen atoms in total. The first-order valence-corrected chi connectivity index (χ1v) is 7.79. The maximum atomic E-state index is 5.92. The van der Waals surface area contributed by atoms with E-state index in [1.807, 2.05) is 12.1 Å². The van der Waals surface area contributed by atoms with Gasteiger partial charge in [0.2, 0.25) is 5.88 Å². The van der Waals surface area contributed by atoms with Crippen molar-refractivity contribution in [2.75, 3.05) is 19.6 Å². The summed E-state index contributed by atoms with van der Waals surface area (Å²) in [6.45, 7) is 3.72. The van der Waals surface area contributed by atoms with Gasteiger partial charge >= 0.3 is 0 Å². The number of halogens is 1. The van der Waals surface area contributed by atoms with Crippen LogP contribution in [-0.4, -0.2) is 39.7 Å². The maximum Gasteiger partial charge on any atom is 0.215 e. The number of imidazole rings is 1. The molecule has 21 heavy (non-hydrogen) atoms. The van der Waals surface area contributed by atoms with Crippen LogP contribution in [0, 0.1) is 0 Å². The zero-order valence-corrected chi connectivity index (χ0v) is 13.2. The van der Waals surface area contributed by atoms with E-state index in [-0.39, 0.29) is 5.60 Å². The van der Waals surface area contributed by atoms with E-state index >= 15 is 0 Å². The summed E-state index contributed by atoms with van der Waals surface area (Å²) >= 11 is 5.92. The van der Waals surface area contributed by atoms with Crippen LogP contribution in [0.3, 0.4) is 0 Å². The van der Waals surface area contributed by atoms with Gasteiger partial charge in [0, 0.05) is 25.0 Å². The van der Waals surface area contributed by atoms with E-state index in [0.29, 0.717) is 11.8 Å². The van der Waals surface area contributed by atoms with Gasteiger partial charge in [0.1, 0.15) is 11.3 Å². The molecule has 0 spiro atoms. The molecule has 1 unspecified atom stereocenters. The van der Waals surface area contributed by atoms with Gasteiger partial charge in [-0.3, -0.25) is 0 Å².